The lowest BCUT2D eigenvalue weighted by Gasteiger charge is -2.44. The van der Waals surface area contributed by atoms with Crippen LogP contribution in [0.4, 0.5) is 16.3 Å². The van der Waals surface area contributed by atoms with E-state index < -0.39 is 5.60 Å². The lowest BCUT2D eigenvalue weighted by Crippen LogP contribution is -2.55. The van der Waals surface area contributed by atoms with Crippen molar-refractivity contribution in [1.82, 2.24) is 9.88 Å². The summed E-state index contributed by atoms with van der Waals surface area (Å²) in [7, 11) is 0. The van der Waals surface area contributed by atoms with Gasteiger partial charge in [-0.3, -0.25) is 4.79 Å². The molecule has 8 heteroatoms. The third kappa shape index (κ3) is 3.87. The van der Waals surface area contributed by atoms with Crippen molar-refractivity contribution in [3.63, 3.8) is 0 Å². The summed E-state index contributed by atoms with van der Waals surface area (Å²) in [5.74, 6) is 0.636. The number of halogens is 1. The Bertz CT molecular complexity index is 711. The summed E-state index contributed by atoms with van der Waals surface area (Å²) in [4.78, 5) is 32.8. The Kier molecular flexibility index (Phi) is 5.01. The van der Waals surface area contributed by atoms with Crippen LogP contribution in [0.25, 0.3) is 0 Å². The number of carbonyl (C=O) groups excluding carboxylic acids is 2. The van der Waals surface area contributed by atoms with Crippen molar-refractivity contribution in [1.29, 1.82) is 0 Å². The van der Waals surface area contributed by atoms with Gasteiger partial charge < -0.3 is 19.9 Å². The third-order valence-corrected chi connectivity index (χ3v) is 4.86. The Balaban J connectivity index is 1.74. The van der Waals surface area contributed by atoms with Crippen LogP contribution in [0.1, 0.15) is 40.5 Å². The Morgan fingerprint density at radius 1 is 1.31 bits per heavy atom. The number of aromatic nitrogens is 1. The van der Waals surface area contributed by atoms with E-state index in [1.54, 1.807) is 17.0 Å². The van der Waals surface area contributed by atoms with E-state index in [0.717, 1.165) is 12.8 Å². The molecule has 0 saturated carbocycles. The maximum Gasteiger partial charge on any atom is 0.410 e. The highest BCUT2D eigenvalue weighted by atomic mass is 35.5. The van der Waals surface area contributed by atoms with Crippen LogP contribution in [-0.4, -0.2) is 52.7 Å². The molecule has 1 aromatic rings. The first-order valence-corrected chi connectivity index (χ1v) is 9.27. The first kappa shape index (κ1) is 18.8. The molecule has 3 heterocycles. The molecule has 0 aliphatic carbocycles. The first-order chi connectivity index (χ1) is 12.2. The Morgan fingerprint density at radius 3 is 2.58 bits per heavy atom. The molecule has 142 valence electrons. The van der Waals surface area contributed by atoms with Crippen LogP contribution >= 0.6 is 11.6 Å². The van der Waals surface area contributed by atoms with Gasteiger partial charge in [0.25, 0.3) is 0 Å². The normalized spacial score (nSPS) is 21.3. The first-order valence-electron chi connectivity index (χ1n) is 8.89. The molecule has 1 fully saturated rings. The van der Waals surface area contributed by atoms with Gasteiger partial charge in [-0.1, -0.05) is 11.6 Å². The van der Waals surface area contributed by atoms with Crippen LogP contribution in [0.2, 0.25) is 5.15 Å². The maximum absolute atomic E-state index is 12.3. The number of anilines is 2. The Labute approximate surface area is 158 Å². The molecule has 0 radical (unpaired) electrons. The summed E-state index contributed by atoms with van der Waals surface area (Å²) in [6, 6.07) is 3.21. The number of pyridine rings is 1. The highest BCUT2D eigenvalue weighted by Gasteiger charge is 2.38. The molecular formula is C18H25ClN4O3. The molecule has 26 heavy (non-hydrogen) atoms. The van der Waals surface area contributed by atoms with E-state index in [1.807, 2.05) is 32.6 Å². The van der Waals surface area contributed by atoms with Crippen molar-refractivity contribution < 1.29 is 14.3 Å². The summed E-state index contributed by atoms with van der Waals surface area (Å²) in [6.45, 7) is 8.61. The predicted octanol–water partition coefficient (Wildman–Crippen LogP) is 3.28. The molecule has 1 atom stereocenters. The van der Waals surface area contributed by atoms with E-state index in [9.17, 15) is 9.59 Å². The number of fused-ring (bicyclic) bond motifs is 1. The monoisotopic (exact) mass is 380 g/mol. The molecule has 0 spiro atoms. The van der Waals surface area contributed by atoms with Gasteiger partial charge in [0, 0.05) is 19.1 Å². The van der Waals surface area contributed by atoms with Gasteiger partial charge in [0.1, 0.15) is 16.8 Å². The van der Waals surface area contributed by atoms with E-state index in [4.69, 9.17) is 16.3 Å². The summed E-state index contributed by atoms with van der Waals surface area (Å²) >= 11 is 6.07. The molecule has 0 bridgehead atoms. The van der Waals surface area contributed by atoms with Crippen molar-refractivity contribution in [3.05, 3.63) is 17.3 Å². The molecule has 1 aromatic heterocycles. The highest BCUT2D eigenvalue weighted by Crippen LogP contribution is 2.35. The molecule has 1 unspecified atom stereocenters. The van der Waals surface area contributed by atoms with Gasteiger partial charge >= 0.3 is 6.09 Å². The van der Waals surface area contributed by atoms with E-state index in [1.165, 1.54) is 0 Å². The minimum Gasteiger partial charge on any atom is -0.444 e. The van der Waals surface area contributed by atoms with Crippen LogP contribution < -0.4 is 10.2 Å². The molecule has 0 aromatic carbocycles. The molecule has 7 nitrogen and oxygen atoms in total. The topological polar surface area (TPSA) is 74.8 Å². The third-order valence-electron chi connectivity index (χ3n) is 4.65. The minimum absolute atomic E-state index is 0.0591. The largest absolute Gasteiger partial charge is 0.444 e. The summed E-state index contributed by atoms with van der Waals surface area (Å²) in [5, 5.41) is 3.26. The molecule has 1 saturated heterocycles. The molecular weight excluding hydrogens is 356 g/mol. The number of hydrogen-bond acceptors (Lipinski definition) is 5. The standard InChI is InChI=1S/C18H25ClN4O3/c1-11-16(24)20-13-5-6-14(19)21-15(13)23(11)12-7-9-22(10-8-12)17(25)26-18(2,3)4/h5-6,11-12H,7-10H2,1-4H3,(H,20,24). The van der Waals surface area contributed by atoms with Crippen molar-refractivity contribution >= 4 is 35.1 Å². The highest BCUT2D eigenvalue weighted by molar-refractivity contribution is 6.29. The number of carbonyl (C=O) groups is 2. The van der Waals surface area contributed by atoms with Crippen LogP contribution in [0.15, 0.2) is 12.1 Å². The van der Waals surface area contributed by atoms with E-state index in [0.29, 0.717) is 29.7 Å². The smallest absolute Gasteiger partial charge is 0.410 e. The number of likely N-dealkylation sites (tertiary alicyclic amines) is 1. The second-order valence-electron chi connectivity index (χ2n) is 7.78. The summed E-state index contributed by atoms with van der Waals surface area (Å²) in [5.41, 5.74) is 0.166. The average molecular weight is 381 g/mol. The van der Waals surface area contributed by atoms with Crippen LogP contribution in [0.5, 0.6) is 0 Å². The van der Waals surface area contributed by atoms with Crippen molar-refractivity contribution in [2.45, 2.75) is 58.2 Å². The molecule has 2 aliphatic rings. The number of hydrogen-bond donors (Lipinski definition) is 1. The van der Waals surface area contributed by atoms with E-state index >= 15 is 0 Å². The quantitative estimate of drug-likeness (QED) is 0.757. The van der Waals surface area contributed by atoms with E-state index in [2.05, 4.69) is 10.3 Å². The van der Waals surface area contributed by atoms with Crippen molar-refractivity contribution in [3.8, 4) is 0 Å². The van der Waals surface area contributed by atoms with Gasteiger partial charge in [-0.25, -0.2) is 9.78 Å². The number of piperidine rings is 1. The molecule has 1 N–H and O–H groups in total. The summed E-state index contributed by atoms with van der Waals surface area (Å²) < 4.78 is 5.45. The van der Waals surface area contributed by atoms with Crippen molar-refractivity contribution in [2.75, 3.05) is 23.3 Å². The van der Waals surface area contributed by atoms with Gasteiger partial charge in [-0.2, -0.15) is 0 Å². The fourth-order valence-corrected chi connectivity index (χ4v) is 3.55. The van der Waals surface area contributed by atoms with Crippen LogP contribution in [0, 0.1) is 0 Å². The minimum atomic E-state index is -0.507. The zero-order chi connectivity index (χ0) is 19.1. The predicted molar refractivity (Wildman–Crippen MR) is 101 cm³/mol. The lowest BCUT2D eigenvalue weighted by molar-refractivity contribution is -0.117. The van der Waals surface area contributed by atoms with Gasteiger partial charge in [0.05, 0.1) is 5.69 Å². The molecule has 2 amide bonds. The Hall–Kier alpha value is -2.02. The fraction of sp³-hybridized carbons (Fsp3) is 0.611. The van der Waals surface area contributed by atoms with Gasteiger partial charge in [0.15, 0.2) is 5.82 Å². The second-order valence-corrected chi connectivity index (χ2v) is 8.16. The van der Waals surface area contributed by atoms with E-state index in [-0.39, 0.29) is 24.1 Å². The number of nitrogens with one attached hydrogen (secondary N) is 1. The lowest BCUT2D eigenvalue weighted by atomic mass is 9.99. The number of nitrogens with zero attached hydrogens (tertiary/aromatic N) is 3. The van der Waals surface area contributed by atoms with Gasteiger partial charge in [-0.15, -0.1) is 0 Å². The molecule has 2 aliphatic heterocycles. The maximum atomic E-state index is 12.3. The number of amides is 2. The number of ether oxygens (including phenoxy) is 1. The zero-order valence-electron chi connectivity index (χ0n) is 15.6. The second kappa shape index (κ2) is 6.95. The SMILES string of the molecule is CC1C(=O)Nc2ccc(Cl)nc2N1C1CCN(C(=O)OC(C)(C)C)CC1. The number of rotatable bonds is 1. The fourth-order valence-electron chi connectivity index (χ4n) is 3.41. The van der Waals surface area contributed by atoms with Crippen LogP contribution in [0.3, 0.4) is 0 Å². The van der Waals surface area contributed by atoms with Crippen LogP contribution in [-0.2, 0) is 9.53 Å². The van der Waals surface area contributed by atoms with Gasteiger partial charge in [-0.05, 0) is 52.7 Å². The zero-order valence-corrected chi connectivity index (χ0v) is 16.3. The summed E-state index contributed by atoms with van der Waals surface area (Å²) in [6.07, 6.45) is 1.19. The van der Waals surface area contributed by atoms with Gasteiger partial charge in [0.2, 0.25) is 5.91 Å². The van der Waals surface area contributed by atoms with Crippen molar-refractivity contribution in [2.24, 2.45) is 0 Å². The Morgan fingerprint density at radius 2 is 1.96 bits per heavy atom. The molecule has 3 rings (SSSR count). The average Bonchev–Trinajstić information content (AvgIpc) is 2.55.